The number of hydrogen-bond acceptors (Lipinski definition) is 6. The van der Waals surface area contributed by atoms with Crippen molar-refractivity contribution < 1.29 is 22.7 Å². The minimum atomic E-state index is -4.53. The summed E-state index contributed by atoms with van der Waals surface area (Å²) in [4.78, 5) is 25.5. The van der Waals surface area contributed by atoms with Crippen molar-refractivity contribution in [2.75, 3.05) is 24.3 Å². The van der Waals surface area contributed by atoms with E-state index in [1.165, 1.54) is 0 Å². The maximum atomic E-state index is 12.9. The van der Waals surface area contributed by atoms with E-state index in [1.54, 1.807) is 30.5 Å². The van der Waals surface area contributed by atoms with Crippen LogP contribution in [-0.2, 0) is 10.9 Å². The summed E-state index contributed by atoms with van der Waals surface area (Å²) in [6, 6.07) is 8.24. The number of imidazole rings is 1. The number of nitrogens with zero attached hydrogens (tertiary/aromatic N) is 4. The van der Waals surface area contributed by atoms with Gasteiger partial charge in [0, 0.05) is 35.6 Å². The van der Waals surface area contributed by atoms with E-state index in [1.807, 2.05) is 10.6 Å². The van der Waals surface area contributed by atoms with Gasteiger partial charge in [0.15, 0.2) is 0 Å². The number of aromatic nitrogens is 4. The van der Waals surface area contributed by atoms with E-state index < -0.39 is 17.6 Å². The van der Waals surface area contributed by atoms with Crippen LogP contribution >= 0.6 is 0 Å². The first-order valence-electron chi connectivity index (χ1n) is 11.0. The Hall–Kier alpha value is -3.99. The molecule has 0 spiro atoms. The minimum Gasteiger partial charge on any atom is -0.382 e. The van der Waals surface area contributed by atoms with Crippen LogP contribution in [0.2, 0.25) is 0 Å². The summed E-state index contributed by atoms with van der Waals surface area (Å²) in [5, 5.41) is 2.41. The fourth-order valence-electron chi connectivity index (χ4n) is 4.79. The second kappa shape index (κ2) is 7.77. The average molecular weight is 480 g/mol. The second-order valence-corrected chi connectivity index (χ2v) is 8.70. The van der Waals surface area contributed by atoms with Crippen LogP contribution in [0.25, 0.3) is 16.8 Å². The van der Waals surface area contributed by atoms with Gasteiger partial charge in [-0.3, -0.25) is 9.20 Å². The van der Waals surface area contributed by atoms with Crippen LogP contribution in [0.3, 0.4) is 0 Å². The molecule has 2 aliphatic rings. The number of nitrogen functional groups attached to an aromatic ring is 1. The molecule has 1 aromatic carbocycles. The van der Waals surface area contributed by atoms with Crippen molar-refractivity contribution in [1.29, 1.82) is 0 Å². The summed E-state index contributed by atoms with van der Waals surface area (Å²) < 4.78 is 46.3. The van der Waals surface area contributed by atoms with E-state index in [0.29, 0.717) is 34.8 Å². The van der Waals surface area contributed by atoms with Crippen molar-refractivity contribution in [3.63, 3.8) is 0 Å². The van der Waals surface area contributed by atoms with Crippen molar-refractivity contribution in [2.24, 2.45) is 11.8 Å². The molecule has 35 heavy (non-hydrogen) atoms. The number of amides is 1. The predicted octanol–water partition coefficient (Wildman–Crippen LogP) is 4.00. The van der Waals surface area contributed by atoms with Gasteiger partial charge in [-0.15, -0.1) is 0 Å². The van der Waals surface area contributed by atoms with Crippen LogP contribution in [0.15, 0.2) is 55.0 Å². The molecule has 3 N–H and O–H groups in total. The van der Waals surface area contributed by atoms with Crippen molar-refractivity contribution in [3.05, 3.63) is 71.9 Å². The Kier molecular flexibility index (Phi) is 4.78. The molecular weight excluding hydrogens is 461 g/mol. The lowest BCUT2D eigenvalue weighted by Crippen LogP contribution is -2.14. The molecule has 0 radical (unpaired) electrons. The third-order valence-corrected chi connectivity index (χ3v) is 6.61. The molecule has 11 heteroatoms. The quantitative estimate of drug-likeness (QED) is 0.457. The lowest BCUT2D eigenvalue weighted by molar-refractivity contribution is -0.137. The number of nitrogens with two attached hydrogens (primary N) is 1. The topological polar surface area (TPSA) is 107 Å². The normalized spacial score (nSPS) is 21.2. The number of carbonyl (C=O) groups excluding carboxylic acids is 1. The Morgan fingerprint density at radius 3 is 2.54 bits per heavy atom. The van der Waals surface area contributed by atoms with E-state index in [4.69, 9.17) is 15.5 Å². The Bertz CT molecular complexity index is 1440. The highest BCUT2D eigenvalue weighted by Crippen LogP contribution is 2.57. The first-order chi connectivity index (χ1) is 16.8. The highest BCUT2D eigenvalue weighted by atomic mass is 19.4. The molecule has 1 aliphatic carbocycles. The molecule has 0 unspecified atom stereocenters. The Labute approximate surface area is 197 Å². The van der Waals surface area contributed by atoms with Gasteiger partial charge in [0.05, 0.1) is 18.8 Å². The fraction of sp³-hybridized carbons (Fsp3) is 0.250. The van der Waals surface area contributed by atoms with Gasteiger partial charge in [0.25, 0.3) is 5.91 Å². The fourth-order valence-corrected chi connectivity index (χ4v) is 4.79. The number of benzene rings is 1. The number of nitrogens with one attached hydrogen (secondary N) is 1. The van der Waals surface area contributed by atoms with Gasteiger partial charge in [-0.1, -0.05) is 12.1 Å². The van der Waals surface area contributed by atoms with Gasteiger partial charge >= 0.3 is 6.18 Å². The summed E-state index contributed by atoms with van der Waals surface area (Å²) in [7, 11) is 0. The van der Waals surface area contributed by atoms with Crippen molar-refractivity contribution in [3.8, 4) is 11.3 Å². The number of alkyl halides is 3. The van der Waals surface area contributed by atoms with E-state index >= 15 is 0 Å². The van der Waals surface area contributed by atoms with Crippen LogP contribution in [0.5, 0.6) is 0 Å². The van der Waals surface area contributed by atoms with Crippen molar-refractivity contribution in [1.82, 2.24) is 19.4 Å². The first kappa shape index (κ1) is 21.5. The van der Waals surface area contributed by atoms with Crippen LogP contribution in [0.4, 0.5) is 24.8 Å². The molecule has 8 nitrogen and oxygen atoms in total. The number of pyridine rings is 1. The number of ether oxygens (including phenoxy) is 1. The Morgan fingerprint density at radius 2 is 1.83 bits per heavy atom. The van der Waals surface area contributed by atoms with Gasteiger partial charge < -0.3 is 15.8 Å². The zero-order valence-corrected chi connectivity index (χ0v) is 18.2. The van der Waals surface area contributed by atoms with Crippen LogP contribution in [0.1, 0.15) is 27.7 Å². The number of anilines is 2. The maximum absolute atomic E-state index is 12.9. The molecule has 1 saturated heterocycles. The number of hydrogen-bond donors (Lipinski definition) is 2. The average Bonchev–Trinajstić information content (AvgIpc) is 3.17. The van der Waals surface area contributed by atoms with E-state index in [0.717, 1.165) is 42.9 Å². The minimum absolute atomic E-state index is 0.184. The lowest BCUT2D eigenvalue weighted by Gasteiger charge is -2.09. The van der Waals surface area contributed by atoms with Gasteiger partial charge in [0.1, 0.15) is 28.7 Å². The van der Waals surface area contributed by atoms with Crippen LogP contribution in [0, 0.1) is 11.8 Å². The van der Waals surface area contributed by atoms with Crippen molar-refractivity contribution in [2.45, 2.75) is 12.1 Å². The van der Waals surface area contributed by atoms with E-state index in [9.17, 15) is 18.0 Å². The van der Waals surface area contributed by atoms with E-state index in [2.05, 4.69) is 15.3 Å². The zero-order valence-electron chi connectivity index (χ0n) is 18.2. The SMILES string of the molecule is Nc1nccn2c([C@@H]3[C@@H]4COC[C@@H]43)nc(-c3ccc(C(=O)Nc4cc(C(F)(F)F)ccn4)cc3)c12. The molecule has 3 aromatic heterocycles. The van der Waals surface area contributed by atoms with Crippen LogP contribution in [-0.4, -0.2) is 38.5 Å². The highest BCUT2D eigenvalue weighted by molar-refractivity contribution is 6.04. The summed E-state index contributed by atoms with van der Waals surface area (Å²) in [5.74, 6) is 1.72. The largest absolute Gasteiger partial charge is 0.416 e. The molecule has 4 aromatic rings. The predicted molar refractivity (Wildman–Crippen MR) is 121 cm³/mol. The van der Waals surface area contributed by atoms with Crippen LogP contribution < -0.4 is 11.1 Å². The molecular formula is C24H19F3N6O2. The number of carbonyl (C=O) groups is 1. The summed E-state index contributed by atoms with van der Waals surface area (Å²) in [6.45, 7) is 1.45. The highest BCUT2D eigenvalue weighted by Gasteiger charge is 2.56. The molecule has 1 aliphatic heterocycles. The zero-order chi connectivity index (χ0) is 24.3. The van der Waals surface area contributed by atoms with Gasteiger partial charge in [0.2, 0.25) is 0 Å². The van der Waals surface area contributed by atoms with Gasteiger partial charge in [-0.25, -0.2) is 15.0 Å². The Balaban J connectivity index is 1.28. The molecule has 0 bridgehead atoms. The molecule has 3 atom stereocenters. The summed E-state index contributed by atoms with van der Waals surface area (Å²) in [6.07, 6.45) is -0.0435. The van der Waals surface area contributed by atoms with E-state index in [-0.39, 0.29) is 11.4 Å². The Morgan fingerprint density at radius 1 is 1.09 bits per heavy atom. The third kappa shape index (κ3) is 3.68. The molecule has 6 rings (SSSR count). The number of rotatable bonds is 4. The molecule has 4 heterocycles. The second-order valence-electron chi connectivity index (χ2n) is 8.70. The monoisotopic (exact) mass is 480 g/mol. The number of halogens is 3. The number of fused-ring (bicyclic) bond motifs is 2. The van der Waals surface area contributed by atoms with Crippen molar-refractivity contribution >= 4 is 23.1 Å². The summed E-state index contributed by atoms with van der Waals surface area (Å²) >= 11 is 0. The first-order valence-corrected chi connectivity index (χ1v) is 11.0. The lowest BCUT2D eigenvalue weighted by atomic mass is 10.1. The molecule has 2 fully saturated rings. The summed E-state index contributed by atoms with van der Waals surface area (Å²) in [5.41, 5.74) is 7.66. The van der Waals surface area contributed by atoms with Gasteiger partial charge in [-0.05, 0) is 36.1 Å². The standard InChI is InChI=1S/C24H19F3N6O2/c25-24(26,27)14-5-6-29-17(9-14)31-23(34)13-3-1-12(2-4-13)19-20-21(28)30-7-8-33(20)22(32-19)18-15-10-35-11-16(15)18/h1-9,15-16,18H,10-11H2,(H2,28,30)(H,29,31,34)/t15-,16+,18-. The molecule has 178 valence electrons. The maximum Gasteiger partial charge on any atom is 0.416 e. The molecule has 1 saturated carbocycles. The van der Waals surface area contributed by atoms with Gasteiger partial charge in [-0.2, -0.15) is 13.2 Å². The smallest absolute Gasteiger partial charge is 0.382 e. The molecule has 1 amide bonds. The third-order valence-electron chi connectivity index (χ3n) is 6.61.